The van der Waals surface area contributed by atoms with Gasteiger partial charge in [0.1, 0.15) is 0 Å². The van der Waals surface area contributed by atoms with Crippen molar-refractivity contribution < 1.29 is 18.0 Å². The highest BCUT2D eigenvalue weighted by Gasteiger charge is 2.26. The van der Waals surface area contributed by atoms with Crippen LogP contribution in [0.3, 0.4) is 0 Å². The molecule has 2 amide bonds. The fraction of sp³-hybridized carbons (Fsp3) is 0.200. The molecule has 3 aromatic carbocycles. The molecular formula is C25H27N3O4S3. The summed E-state index contributed by atoms with van der Waals surface area (Å²) in [5, 5.41) is 7.91. The molecule has 3 N–H and O–H groups in total. The molecule has 7 nitrogen and oxygen atoms in total. The third-order valence-corrected chi connectivity index (χ3v) is 9.37. The monoisotopic (exact) mass is 529 g/mol. The van der Waals surface area contributed by atoms with Crippen LogP contribution < -0.4 is 10.5 Å². The normalized spacial score (nSPS) is 13.0. The Balaban J connectivity index is 1.79. The summed E-state index contributed by atoms with van der Waals surface area (Å²) in [7, 11) is 1.04. The molecule has 2 atom stereocenters. The van der Waals surface area contributed by atoms with Gasteiger partial charge in [-0.3, -0.25) is 9.59 Å². The number of carbonyl (C=O) groups is 2. The molecule has 3 rings (SSSR count). The Bertz CT molecular complexity index is 1280. The maximum atomic E-state index is 13.0. The second kappa shape index (κ2) is 11.8. The minimum Gasteiger partial charge on any atom is -0.342 e. The van der Waals surface area contributed by atoms with Crippen LogP contribution in [0.1, 0.15) is 35.0 Å². The second-order valence-electron chi connectivity index (χ2n) is 7.90. The van der Waals surface area contributed by atoms with E-state index in [4.69, 9.17) is 5.14 Å². The van der Waals surface area contributed by atoms with Gasteiger partial charge in [0, 0.05) is 30.6 Å². The third-order valence-electron chi connectivity index (χ3n) is 5.49. The van der Waals surface area contributed by atoms with Crippen molar-refractivity contribution in [3.05, 3.63) is 90.0 Å². The average Bonchev–Trinajstić information content (AvgIpc) is 2.84. The zero-order valence-corrected chi connectivity index (χ0v) is 22.0. The van der Waals surface area contributed by atoms with Crippen LogP contribution in [0.25, 0.3) is 0 Å². The number of rotatable bonds is 9. The van der Waals surface area contributed by atoms with Gasteiger partial charge in [-0.25, -0.2) is 13.6 Å². The highest BCUT2D eigenvalue weighted by Crippen LogP contribution is 2.46. The highest BCUT2D eigenvalue weighted by molar-refractivity contribution is 8.76. The Morgan fingerprint density at radius 3 is 2.14 bits per heavy atom. The van der Waals surface area contributed by atoms with E-state index in [9.17, 15) is 18.0 Å². The molecule has 0 spiro atoms. The van der Waals surface area contributed by atoms with Crippen LogP contribution in [0, 0.1) is 0 Å². The van der Waals surface area contributed by atoms with Gasteiger partial charge in [-0.1, -0.05) is 64.1 Å². The minimum absolute atomic E-state index is 0.0164. The van der Waals surface area contributed by atoms with E-state index in [0.717, 1.165) is 10.5 Å². The first-order valence-corrected chi connectivity index (χ1v) is 14.5. The molecule has 184 valence electrons. The Kier molecular flexibility index (Phi) is 9.01. The first-order valence-electron chi connectivity index (χ1n) is 10.7. The van der Waals surface area contributed by atoms with Crippen LogP contribution in [-0.4, -0.2) is 38.2 Å². The molecule has 0 radical (unpaired) electrons. The first kappa shape index (κ1) is 26.8. The van der Waals surface area contributed by atoms with Crippen molar-refractivity contribution >= 4 is 49.1 Å². The van der Waals surface area contributed by atoms with Crippen molar-refractivity contribution in [3.63, 3.8) is 0 Å². The van der Waals surface area contributed by atoms with Crippen LogP contribution >= 0.6 is 21.6 Å². The number of amides is 2. The van der Waals surface area contributed by atoms with Crippen molar-refractivity contribution in [1.29, 1.82) is 0 Å². The van der Waals surface area contributed by atoms with Crippen molar-refractivity contribution in [1.82, 2.24) is 4.90 Å². The number of likely N-dealkylation sites (N-methyl/N-ethyl adjacent to an activating group) is 1. The van der Waals surface area contributed by atoms with E-state index in [-0.39, 0.29) is 28.0 Å². The number of anilines is 1. The number of nitrogens with one attached hydrogen (secondary N) is 1. The van der Waals surface area contributed by atoms with Gasteiger partial charge in [0.25, 0.3) is 5.91 Å². The Morgan fingerprint density at radius 2 is 1.54 bits per heavy atom. The number of hydrogen-bond donors (Lipinski definition) is 2. The summed E-state index contributed by atoms with van der Waals surface area (Å²) < 4.78 is 22.9. The summed E-state index contributed by atoms with van der Waals surface area (Å²) >= 11 is 0. The molecule has 0 fully saturated rings. The van der Waals surface area contributed by atoms with E-state index >= 15 is 0 Å². The van der Waals surface area contributed by atoms with Crippen LogP contribution in [0.2, 0.25) is 0 Å². The summed E-state index contributed by atoms with van der Waals surface area (Å²) in [6, 6.07) is 22.8. The minimum atomic E-state index is -3.81. The van der Waals surface area contributed by atoms with E-state index < -0.39 is 10.0 Å². The fourth-order valence-electron chi connectivity index (χ4n) is 3.30. The Morgan fingerprint density at radius 1 is 0.943 bits per heavy atom. The number of primary sulfonamides is 1. The van der Waals surface area contributed by atoms with Crippen LogP contribution in [0.5, 0.6) is 0 Å². The Labute approximate surface area is 213 Å². The smallest absolute Gasteiger partial charge is 0.256 e. The molecule has 0 aliphatic rings. The molecule has 2 unspecified atom stereocenters. The number of sulfonamides is 1. The number of carbonyl (C=O) groups excluding carboxylic acids is 2. The number of benzene rings is 3. The summed E-state index contributed by atoms with van der Waals surface area (Å²) in [4.78, 5) is 27.5. The van der Waals surface area contributed by atoms with E-state index in [1.54, 1.807) is 41.8 Å². The zero-order valence-electron chi connectivity index (χ0n) is 19.5. The van der Waals surface area contributed by atoms with Gasteiger partial charge in [-0.2, -0.15) is 0 Å². The fourth-order valence-corrected chi connectivity index (χ4v) is 6.90. The van der Waals surface area contributed by atoms with E-state index in [1.807, 2.05) is 49.4 Å². The topological polar surface area (TPSA) is 110 Å². The molecule has 35 heavy (non-hydrogen) atoms. The molecule has 10 heteroatoms. The summed E-state index contributed by atoms with van der Waals surface area (Å²) in [5.74, 6) is -0.334. The molecule has 0 saturated carbocycles. The van der Waals surface area contributed by atoms with Gasteiger partial charge < -0.3 is 10.2 Å². The van der Waals surface area contributed by atoms with E-state index in [2.05, 4.69) is 5.32 Å². The lowest BCUT2D eigenvalue weighted by atomic mass is 10.1. The van der Waals surface area contributed by atoms with Crippen LogP contribution in [0.15, 0.2) is 88.7 Å². The second-order valence-corrected chi connectivity index (χ2v) is 11.8. The molecule has 0 heterocycles. The highest BCUT2D eigenvalue weighted by atomic mass is 33.1. The maximum Gasteiger partial charge on any atom is 0.256 e. The van der Waals surface area contributed by atoms with Crippen LogP contribution in [0.4, 0.5) is 5.69 Å². The number of hydrogen-bond acceptors (Lipinski definition) is 6. The standard InChI is InChI=1S/C25H27N3O4S3/c1-17(28(3)18(2)29)24(19-9-5-4-6-10-19)34-33-23-12-8-7-11-22(23)25(30)27-20-13-15-21(16-14-20)35(26,31)32/h4-17,24H,1-3H3,(H,27,30)(H2,26,31,32). The maximum absolute atomic E-state index is 13.0. The molecule has 0 aliphatic carbocycles. The van der Waals surface area contributed by atoms with Gasteiger partial charge in [0.2, 0.25) is 15.9 Å². The average molecular weight is 530 g/mol. The third kappa shape index (κ3) is 7.11. The van der Waals surface area contributed by atoms with Gasteiger partial charge in [-0.05, 0) is 48.9 Å². The predicted molar refractivity (Wildman–Crippen MR) is 143 cm³/mol. The summed E-state index contributed by atoms with van der Waals surface area (Å²) in [6.07, 6.45) is 0. The lowest BCUT2D eigenvalue weighted by Gasteiger charge is -2.31. The number of nitrogens with zero attached hydrogens (tertiary/aromatic N) is 1. The molecule has 3 aromatic rings. The summed E-state index contributed by atoms with van der Waals surface area (Å²) in [6.45, 7) is 3.56. The quantitative estimate of drug-likeness (QED) is 0.380. The van der Waals surface area contributed by atoms with Crippen molar-refractivity contribution in [2.45, 2.75) is 34.9 Å². The lowest BCUT2D eigenvalue weighted by molar-refractivity contribution is -0.129. The molecule has 0 aliphatic heterocycles. The van der Waals surface area contributed by atoms with Crippen molar-refractivity contribution in [2.24, 2.45) is 5.14 Å². The van der Waals surface area contributed by atoms with Gasteiger partial charge in [-0.15, -0.1) is 0 Å². The van der Waals surface area contributed by atoms with Crippen molar-refractivity contribution in [3.8, 4) is 0 Å². The number of nitrogens with two attached hydrogens (primary N) is 1. The van der Waals surface area contributed by atoms with E-state index in [1.165, 1.54) is 35.1 Å². The Hall–Kier alpha value is -2.79. The predicted octanol–water partition coefficient (Wildman–Crippen LogP) is 4.93. The molecular weight excluding hydrogens is 502 g/mol. The first-order chi connectivity index (χ1) is 16.6. The van der Waals surface area contributed by atoms with Crippen LogP contribution in [-0.2, 0) is 14.8 Å². The van der Waals surface area contributed by atoms with Crippen molar-refractivity contribution in [2.75, 3.05) is 12.4 Å². The zero-order chi connectivity index (χ0) is 25.6. The van der Waals surface area contributed by atoms with Gasteiger partial charge >= 0.3 is 0 Å². The molecule has 0 bridgehead atoms. The molecule has 0 saturated heterocycles. The van der Waals surface area contributed by atoms with Gasteiger partial charge in [0.15, 0.2) is 0 Å². The summed E-state index contributed by atoms with van der Waals surface area (Å²) in [5.41, 5.74) is 2.02. The molecule has 0 aromatic heterocycles. The SMILES string of the molecule is CC(=O)N(C)C(C)C(SSc1ccccc1C(=O)Nc1ccc(S(N)(=O)=O)cc1)c1ccccc1. The van der Waals surface area contributed by atoms with Gasteiger partial charge in [0.05, 0.1) is 15.7 Å². The lowest BCUT2D eigenvalue weighted by Crippen LogP contribution is -2.36. The van der Waals surface area contributed by atoms with E-state index in [0.29, 0.717) is 11.3 Å². The largest absolute Gasteiger partial charge is 0.342 e.